The quantitative estimate of drug-likeness (QED) is 0.457. The van der Waals surface area contributed by atoms with Gasteiger partial charge in [-0.05, 0) is 43.3 Å². The summed E-state index contributed by atoms with van der Waals surface area (Å²) >= 11 is 1.32. The predicted molar refractivity (Wildman–Crippen MR) is 117 cm³/mol. The van der Waals surface area contributed by atoms with E-state index in [1.165, 1.54) is 11.3 Å². The zero-order valence-electron chi connectivity index (χ0n) is 16.7. The van der Waals surface area contributed by atoms with Crippen molar-refractivity contribution in [2.24, 2.45) is 0 Å². The molecule has 0 radical (unpaired) electrons. The molecule has 0 saturated heterocycles. The highest BCUT2D eigenvalue weighted by Crippen LogP contribution is 2.28. The zero-order chi connectivity index (χ0) is 21.8. The summed E-state index contributed by atoms with van der Waals surface area (Å²) in [5.41, 5.74) is 0.0324. The van der Waals surface area contributed by atoms with Gasteiger partial charge < -0.3 is 18.6 Å². The lowest BCUT2D eigenvalue weighted by atomic mass is 10.2. The van der Waals surface area contributed by atoms with Crippen molar-refractivity contribution in [2.75, 3.05) is 19.0 Å². The third-order valence-corrected chi connectivity index (χ3v) is 5.00. The molecule has 0 saturated carbocycles. The van der Waals surface area contributed by atoms with Crippen molar-refractivity contribution in [1.29, 1.82) is 0 Å². The van der Waals surface area contributed by atoms with Gasteiger partial charge in [0.1, 0.15) is 28.6 Å². The van der Waals surface area contributed by atoms with Gasteiger partial charge in [0.15, 0.2) is 11.7 Å². The first-order valence-electron chi connectivity index (χ1n) is 9.25. The maximum Gasteiger partial charge on any atom is 0.264 e. The normalized spacial score (nSPS) is 10.6. The number of methoxy groups -OCH3 is 1. The molecule has 8 nitrogen and oxygen atoms in total. The van der Waals surface area contributed by atoms with Crippen LogP contribution in [0.2, 0.25) is 0 Å². The molecular formula is C22H18N2O6S. The van der Waals surface area contributed by atoms with Crippen molar-refractivity contribution in [3.63, 3.8) is 0 Å². The van der Waals surface area contributed by atoms with Crippen LogP contribution in [0.1, 0.15) is 5.76 Å². The number of fused-ring (bicyclic) bond motifs is 1. The number of hydrogen-bond donors (Lipinski definition) is 1. The number of nitrogens with zero attached hydrogens (tertiary/aromatic N) is 1. The van der Waals surface area contributed by atoms with E-state index in [1.54, 1.807) is 68.1 Å². The molecule has 158 valence electrons. The van der Waals surface area contributed by atoms with Gasteiger partial charge >= 0.3 is 0 Å². The topological polar surface area (TPSA) is 99.9 Å². The smallest absolute Gasteiger partial charge is 0.264 e. The Hall–Kier alpha value is -3.85. The van der Waals surface area contributed by atoms with E-state index in [1.807, 2.05) is 0 Å². The van der Waals surface area contributed by atoms with E-state index in [9.17, 15) is 9.59 Å². The number of ether oxygens (including phenoxy) is 3. The van der Waals surface area contributed by atoms with Gasteiger partial charge in [-0.15, -0.1) is 11.3 Å². The van der Waals surface area contributed by atoms with Crippen molar-refractivity contribution in [3.05, 3.63) is 70.0 Å². The maximum atomic E-state index is 12.9. The number of hydrogen-bond acceptors (Lipinski definition) is 8. The average molecular weight is 438 g/mol. The van der Waals surface area contributed by atoms with Crippen molar-refractivity contribution < 1.29 is 23.4 Å². The Balaban J connectivity index is 1.51. The Morgan fingerprint density at radius 1 is 1.13 bits per heavy atom. The minimum atomic E-state index is -0.337. The SMILES string of the molecule is COc1ccc(Oc2c(C)oc3cc(OCC(=O)Nc4nccs4)ccc3c2=O)cc1. The number of aryl methyl sites for hydroxylation is 1. The van der Waals surface area contributed by atoms with E-state index >= 15 is 0 Å². The number of rotatable bonds is 7. The fraction of sp³-hybridized carbons (Fsp3) is 0.136. The second kappa shape index (κ2) is 8.88. The lowest BCUT2D eigenvalue weighted by molar-refractivity contribution is -0.118. The number of amides is 1. The van der Waals surface area contributed by atoms with Gasteiger partial charge in [0, 0.05) is 17.6 Å². The van der Waals surface area contributed by atoms with E-state index in [0.29, 0.717) is 39.1 Å². The highest BCUT2D eigenvalue weighted by molar-refractivity contribution is 7.13. The predicted octanol–water partition coefficient (Wildman–Crippen LogP) is 4.38. The molecule has 1 amide bonds. The summed E-state index contributed by atoms with van der Waals surface area (Å²) < 4.78 is 22.2. The van der Waals surface area contributed by atoms with Gasteiger partial charge in [-0.1, -0.05) is 0 Å². The molecule has 4 aromatic rings. The fourth-order valence-electron chi connectivity index (χ4n) is 2.83. The Kier molecular flexibility index (Phi) is 5.85. The van der Waals surface area contributed by atoms with Crippen LogP contribution in [0.3, 0.4) is 0 Å². The fourth-order valence-corrected chi connectivity index (χ4v) is 3.37. The number of thiazole rings is 1. The molecule has 0 aliphatic carbocycles. The number of nitrogens with one attached hydrogen (secondary N) is 1. The van der Waals surface area contributed by atoms with E-state index < -0.39 is 0 Å². The molecule has 0 aliphatic rings. The Morgan fingerprint density at radius 2 is 1.87 bits per heavy atom. The van der Waals surface area contributed by atoms with Gasteiger partial charge in [0.2, 0.25) is 11.2 Å². The average Bonchev–Trinajstić information content (AvgIpc) is 3.28. The van der Waals surface area contributed by atoms with Gasteiger partial charge in [-0.25, -0.2) is 4.98 Å². The molecule has 0 aliphatic heterocycles. The highest BCUT2D eigenvalue weighted by Gasteiger charge is 2.15. The highest BCUT2D eigenvalue weighted by atomic mass is 32.1. The largest absolute Gasteiger partial charge is 0.497 e. The summed E-state index contributed by atoms with van der Waals surface area (Å²) in [5, 5.41) is 5.23. The molecule has 31 heavy (non-hydrogen) atoms. The molecule has 0 atom stereocenters. The number of aromatic nitrogens is 1. The van der Waals surface area contributed by atoms with Crippen LogP contribution in [0.5, 0.6) is 23.0 Å². The minimum Gasteiger partial charge on any atom is -0.497 e. The number of benzene rings is 2. The van der Waals surface area contributed by atoms with Crippen molar-refractivity contribution >= 4 is 33.3 Å². The third kappa shape index (κ3) is 4.67. The summed E-state index contributed by atoms with van der Waals surface area (Å²) in [7, 11) is 1.57. The molecule has 2 heterocycles. The summed E-state index contributed by atoms with van der Waals surface area (Å²) in [5.74, 6) is 1.66. The van der Waals surface area contributed by atoms with Gasteiger partial charge in [-0.2, -0.15) is 0 Å². The van der Waals surface area contributed by atoms with Crippen LogP contribution in [-0.4, -0.2) is 24.6 Å². The van der Waals surface area contributed by atoms with Gasteiger partial charge in [0.25, 0.3) is 5.91 Å². The zero-order valence-corrected chi connectivity index (χ0v) is 17.5. The van der Waals surface area contributed by atoms with Crippen LogP contribution in [0.4, 0.5) is 5.13 Å². The second-order valence-corrected chi connectivity index (χ2v) is 7.32. The molecular weight excluding hydrogens is 420 g/mol. The van der Waals surface area contributed by atoms with Gasteiger partial charge in [-0.3, -0.25) is 14.9 Å². The van der Waals surface area contributed by atoms with Crippen molar-refractivity contribution in [2.45, 2.75) is 6.92 Å². The number of carbonyl (C=O) groups excluding carboxylic acids is 1. The summed E-state index contributed by atoms with van der Waals surface area (Å²) in [6.07, 6.45) is 1.60. The number of anilines is 1. The lowest BCUT2D eigenvalue weighted by Gasteiger charge is -2.10. The van der Waals surface area contributed by atoms with Crippen LogP contribution >= 0.6 is 11.3 Å². The van der Waals surface area contributed by atoms with Crippen LogP contribution in [0.25, 0.3) is 11.0 Å². The second-order valence-electron chi connectivity index (χ2n) is 6.43. The molecule has 4 rings (SSSR count). The Labute approximate surface area is 181 Å². The minimum absolute atomic E-state index is 0.106. The molecule has 0 fully saturated rings. The molecule has 2 aromatic carbocycles. The van der Waals surface area contributed by atoms with E-state index in [2.05, 4.69) is 10.3 Å². The van der Waals surface area contributed by atoms with Crippen molar-refractivity contribution in [3.8, 4) is 23.0 Å². The summed E-state index contributed by atoms with van der Waals surface area (Å²) in [4.78, 5) is 28.8. The van der Waals surface area contributed by atoms with E-state index in [4.69, 9.17) is 18.6 Å². The Morgan fingerprint density at radius 3 is 2.58 bits per heavy atom. The van der Waals surface area contributed by atoms with Crippen LogP contribution < -0.4 is 25.0 Å². The third-order valence-electron chi connectivity index (χ3n) is 4.31. The summed E-state index contributed by atoms with van der Waals surface area (Å²) in [6, 6.07) is 11.6. The molecule has 9 heteroatoms. The first-order chi connectivity index (χ1) is 15.0. The Bertz CT molecular complexity index is 1270. The molecule has 0 unspecified atom stereocenters. The van der Waals surface area contributed by atoms with E-state index in [0.717, 1.165) is 0 Å². The first-order valence-corrected chi connectivity index (χ1v) is 10.1. The van der Waals surface area contributed by atoms with Crippen LogP contribution in [0.15, 0.2) is 63.3 Å². The van der Waals surface area contributed by atoms with Crippen LogP contribution in [0, 0.1) is 6.92 Å². The molecule has 0 bridgehead atoms. The first kappa shape index (κ1) is 20.4. The molecule has 2 aromatic heterocycles. The number of carbonyl (C=O) groups is 1. The van der Waals surface area contributed by atoms with Crippen molar-refractivity contribution in [1.82, 2.24) is 4.98 Å². The molecule has 1 N–H and O–H groups in total. The van der Waals surface area contributed by atoms with E-state index in [-0.39, 0.29) is 23.7 Å². The summed E-state index contributed by atoms with van der Waals surface area (Å²) in [6.45, 7) is 1.45. The standard InChI is InChI=1S/C22H18N2O6S/c1-13-21(30-15-5-3-14(27-2)4-6-15)20(26)17-8-7-16(11-18(17)29-13)28-12-19(25)24-22-23-9-10-31-22/h3-11H,12H2,1-2H3,(H,23,24,25). The van der Waals surface area contributed by atoms with Crippen LogP contribution in [-0.2, 0) is 4.79 Å². The molecule has 0 spiro atoms. The van der Waals surface area contributed by atoms with Gasteiger partial charge in [0.05, 0.1) is 12.5 Å². The lowest BCUT2D eigenvalue weighted by Crippen LogP contribution is -2.20. The monoisotopic (exact) mass is 438 g/mol. The maximum absolute atomic E-state index is 12.9.